The lowest BCUT2D eigenvalue weighted by atomic mass is 10.3. The number of anilines is 2. The zero-order chi connectivity index (χ0) is 14.5. The molecule has 0 saturated heterocycles. The number of ether oxygens (including phenoxy) is 1. The van der Waals surface area contributed by atoms with Gasteiger partial charge in [-0.3, -0.25) is 4.79 Å². The molecule has 0 saturated carbocycles. The third-order valence-electron chi connectivity index (χ3n) is 2.48. The zero-order valence-corrected chi connectivity index (χ0v) is 12.7. The highest BCUT2D eigenvalue weighted by Crippen LogP contribution is 2.25. The van der Waals surface area contributed by atoms with Crippen LogP contribution >= 0.6 is 27.5 Å². The molecule has 0 bridgehead atoms. The molecule has 0 radical (unpaired) electrons. The number of amides is 1. The lowest BCUT2D eigenvalue weighted by molar-refractivity contribution is -0.118. The van der Waals surface area contributed by atoms with Crippen LogP contribution in [0.15, 0.2) is 46.9 Å². The predicted molar refractivity (Wildman–Crippen MR) is 84.1 cm³/mol. The van der Waals surface area contributed by atoms with Gasteiger partial charge in [0.05, 0.1) is 11.4 Å². The lowest BCUT2D eigenvalue weighted by Crippen LogP contribution is -2.20. The molecule has 3 N–H and O–H groups in total. The van der Waals surface area contributed by atoms with E-state index in [4.69, 9.17) is 22.1 Å². The quantitative estimate of drug-likeness (QED) is 0.822. The van der Waals surface area contributed by atoms with E-state index in [0.29, 0.717) is 22.1 Å². The predicted octanol–water partition coefficient (Wildman–Crippen LogP) is 3.70. The molecule has 0 fully saturated rings. The van der Waals surface area contributed by atoms with E-state index in [-0.39, 0.29) is 12.5 Å². The van der Waals surface area contributed by atoms with Crippen molar-refractivity contribution in [3.63, 3.8) is 0 Å². The summed E-state index contributed by atoms with van der Waals surface area (Å²) >= 11 is 9.13. The van der Waals surface area contributed by atoms with Crippen LogP contribution in [0.25, 0.3) is 0 Å². The Morgan fingerprint density at radius 1 is 1.30 bits per heavy atom. The van der Waals surface area contributed by atoms with Gasteiger partial charge in [0.2, 0.25) is 0 Å². The van der Waals surface area contributed by atoms with Crippen LogP contribution < -0.4 is 15.8 Å². The van der Waals surface area contributed by atoms with Crippen molar-refractivity contribution in [1.82, 2.24) is 0 Å². The summed E-state index contributed by atoms with van der Waals surface area (Å²) < 4.78 is 6.16. The van der Waals surface area contributed by atoms with Crippen LogP contribution in [0.1, 0.15) is 0 Å². The second kappa shape index (κ2) is 6.63. The summed E-state index contributed by atoms with van der Waals surface area (Å²) in [6.45, 7) is -0.132. The molecule has 0 heterocycles. The number of hydrogen-bond acceptors (Lipinski definition) is 3. The molecular formula is C14H12BrClN2O2. The molecule has 1 amide bonds. The van der Waals surface area contributed by atoms with E-state index in [1.54, 1.807) is 24.3 Å². The molecule has 4 nitrogen and oxygen atoms in total. The molecular weight excluding hydrogens is 344 g/mol. The zero-order valence-electron chi connectivity index (χ0n) is 10.4. The van der Waals surface area contributed by atoms with Crippen molar-refractivity contribution < 1.29 is 9.53 Å². The smallest absolute Gasteiger partial charge is 0.262 e. The van der Waals surface area contributed by atoms with E-state index >= 15 is 0 Å². The van der Waals surface area contributed by atoms with Crippen molar-refractivity contribution in [2.45, 2.75) is 0 Å². The number of nitrogen functional groups attached to an aromatic ring is 1. The molecule has 0 aliphatic carbocycles. The first kappa shape index (κ1) is 14.7. The van der Waals surface area contributed by atoms with Gasteiger partial charge in [0.15, 0.2) is 6.61 Å². The van der Waals surface area contributed by atoms with Gasteiger partial charge in [0.25, 0.3) is 5.91 Å². The fourth-order valence-corrected chi connectivity index (χ4v) is 2.11. The number of carbonyl (C=O) groups excluding carboxylic acids is 1. The van der Waals surface area contributed by atoms with Crippen LogP contribution in [0.4, 0.5) is 11.4 Å². The minimum atomic E-state index is -0.272. The maximum absolute atomic E-state index is 11.8. The van der Waals surface area contributed by atoms with Gasteiger partial charge in [-0.1, -0.05) is 23.7 Å². The number of nitrogens with one attached hydrogen (secondary N) is 1. The number of halogens is 2. The van der Waals surface area contributed by atoms with Gasteiger partial charge in [0.1, 0.15) is 5.75 Å². The van der Waals surface area contributed by atoms with Crippen LogP contribution in [-0.4, -0.2) is 12.5 Å². The average Bonchev–Trinajstić information content (AvgIpc) is 2.40. The lowest BCUT2D eigenvalue weighted by Gasteiger charge is -2.10. The Kier molecular flexibility index (Phi) is 4.87. The van der Waals surface area contributed by atoms with Crippen molar-refractivity contribution in [3.8, 4) is 5.75 Å². The van der Waals surface area contributed by atoms with E-state index in [0.717, 1.165) is 4.47 Å². The molecule has 104 valence electrons. The van der Waals surface area contributed by atoms with E-state index in [2.05, 4.69) is 21.2 Å². The van der Waals surface area contributed by atoms with Crippen molar-refractivity contribution in [1.29, 1.82) is 0 Å². The Balaban J connectivity index is 1.94. The van der Waals surface area contributed by atoms with E-state index in [9.17, 15) is 4.79 Å². The van der Waals surface area contributed by atoms with Gasteiger partial charge in [-0.2, -0.15) is 0 Å². The Labute approximate surface area is 130 Å². The first-order chi connectivity index (χ1) is 9.56. The maximum atomic E-state index is 11.8. The minimum Gasteiger partial charge on any atom is -0.482 e. The molecule has 0 unspecified atom stereocenters. The highest BCUT2D eigenvalue weighted by Gasteiger charge is 2.07. The normalized spacial score (nSPS) is 10.1. The van der Waals surface area contributed by atoms with Gasteiger partial charge in [-0.05, 0) is 46.3 Å². The van der Waals surface area contributed by atoms with Crippen LogP contribution in [0, 0.1) is 0 Å². The summed E-state index contributed by atoms with van der Waals surface area (Å²) in [6, 6.07) is 12.2. The summed E-state index contributed by atoms with van der Waals surface area (Å²) in [4.78, 5) is 11.8. The van der Waals surface area contributed by atoms with Gasteiger partial charge >= 0.3 is 0 Å². The van der Waals surface area contributed by atoms with Crippen LogP contribution in [0.3, 0.4) is 0 Å². The highest BCUT2D eigenvalue weighted by atomic mass is 79.9. The van der Waals surface area contributed by atoms with Crippen molar-refractivity contribution >= 4 is 44.8 Å². The number of benzene rings is 2. The third kappa shape index (κ3) is 3.88. The summed E-state index contributed by atoms with van der Waals surface area (Å²) in [5.74, 6) is 0.155. The van der Waals surface area contributed by atoms with E-state index < -0.39 is 0 Å². The highest BCUT2D eigenvalue weighted by molar-refractivity contribution is 9.10. The topological polar surface area (TPSA) is 64.3 Å². The van der Waals surface area contributed by atoms with Crippen LogP contribution in [0.2, 0.25) is 5.02 Å². The van der Waals surface area contributed by atoms with Gasteiger partial charge in [0, 0.05) is 9.50 Å². The summed E-state index contributed by atoms with van der Waals surface area (Å²) in [5.41, 5.74) is 6.82. The Morgan fingerprint density at radius 3 is 2.75 bits per heavy atom. The molecule has 0 atom stereocenters. The van der Waals surface area contributed by atoms with Crippen molar-refractivity contribution in [3.05, 3.63) is 52.0 Å². The standard InChI is InChI=1S/C14H12BrClN2O2/c15-10-3-1-2-4-12(10)18-14(19)8-20-13-6-5-9(16)7-11(13)17/h1-7H,8,17H2,(H,18,19). The monoisotopic (exact) mass is 354 g/mol. The largest absolute Gasteiger partial charge is 0.482 e. The Morgan fingerprint density at radius 2 is 2.05 bits per heavy atom. The minimum absolute atomic E-state index is 0.132. The average molecular weight is 356 g/mol. The van der Waals surface area contributed by atoms with Gasteiger partial charge in [-0.15, -0.1) is 0 Å². The second-order valence-electron chi connectivity index (χ2n) is 4.00. The van der Waals surface area contributed by atoms with Gasteiger partial charge < -0.3 is 15.8 Å². The van der Waals surface area contributed by atoms with E-state index in [1.807, 2.05) is 18.2 Å². The Bertz CT molecular complexity index is 634. The molecule has 0 aliphatic heterocycles. The number of para-hydroxylation sites is 1. The molecule has 0 aliphatic rings. The number of hydrogen-bond donors (Lipinski definition) is 2. The maximum Gasteiger partial charge on any atom is 0.262 e. The fourth-order valence-electron chi connectivity index (χ4n) is 1.54. The molecule has 0 spiro atoms. The SMILES string of the molecule is Nc1cc(Cl)ccc1OCC(=O)Nc1ccccc1Br. The van der Waals surface area contributed by atoms with Crippen LogP contribution in [-0.2, 0) is 4.79 Å². The van der Waals surface area contributed by atoms with Crippen molar-refractivity contribution in [2.24, 2.45) is 0 Å². The molecule has 20 heavy (non-hydrogen) atoms. The number of nitrogens with two attached hydrogens (primary N) is 1. The summed E-state index contributed by atoms with van der Waals surface area (Å²) in [5, 5.41) is 3.25. The Hall–Kier alpha value is -1.72. The fraction of sp³-hybridized carbons (Fsp3) is 0.0714. The summed E-state index contributed by atoms with van der Waals surface area (Å²) in [6.07, 6.45) is 0. The second-order valence-corrected chi connectivity index (χ2v) is 5.29. The molecule has 0 aromatic heterocycles. The first-order valence-corrected chi connectivity index (χ1v) is 6.95. The number of carbonyl (C=O) groups is 1. The molecule has 2 rings (SSSR count). The molecule has 2 aromatic rings. The first-order valence-electron chi connectivity index (χ1n) is 5.78. The van der Waals surface area contributed by atoms with Gasteiger partial charge in [-0.25, -0.2) is 0 Å². The molecule has 2 aromatic carbocycles. The molecule has 6 heteroatoms. The summed E-state index contributed by atoms with van der Waals surface area (Å²) in [7, 11) is 0. The number of rotatable bonds is 4. The van der Waals surface area contributed by atoms with E-state index in [1.165, 1.54) is 0 Å². The van der Waals surface area contributed by atoms with Crippen molar-refractivity contribution in [2.75, 3.05) is 17.7 Å². The van der Waals surface area contributed by atoms with Crippen LogP contribution in [0.5, 0.6) is 5.75 Å². The third-order valence-corrected chi connectivity index (χ3v) is 3.41.